The SMILES string of the molecule is CCN1CCC(c2ccc(C(=O)NC3(C(=O)N4C[C@@H](OC)[C@H]5OCC(=O)[C@H]54)CCCC3)cc2)CC1. The summed E-state index contributed by atoms with van der Waals surface area (Å²) < 4.78 is 11.1. The molecule has 0 aromatic heterocycles. The van der Waals surface area contributed by atoms with E-state index < -0.39 is 17.7 Å². The van der Waals surface area contributed by atoms with Crippen LogP contribution in [0.25, 0.3) is 0 Å². The first-order valence-corrected chi connectivity index (χ1v) is 13.1. The van der Waals surface area contributed by atoms with Gasteiger partial charge >= 0.3 is 0 Å². The van der Waals surface area contributed by atoms with Gasteiger partial charge in [0.25, 0.3) is 5.91 Å². The number of nitrogens with zero attached hydrogens (tertiary/aromatic N) is 2. The van der Waals surface area contributed by atoms with Gasteiger partial charge in [0, 0.05) is 12.7 Å². The number of amides is 2. The average Bonchev–Trinajstić information content (AvgIpc) is 3.61. The third-order valence-corrected chi connectivity index (χ3v) is 8.60. The van der Waals surface area contributed by atoms with Crippen molar-refractivity contribution in [3.8, 4) is 0 Å². The standard InChI is InChI=1S/C27H37N3O5/c1-3-29-14-10-19(11-15-29)18-6-8-20(9-7-18)25(32)28-27(12-4-5-13-27)26(33)30-16-22(34-2)24-23(30)21(31)17-35-24/h6-9,19,22-24H,3-5,10-17H2,1-2H3,(H,28,32)/t22-,23-,24-/m1/s1. The normalized spacial score (nSPS) is 28.9. The largest absolute Gasteiger partial charge is 0.377 e. The molecule has 3 heterocycles. The lowest BCUT2D eigenvalue weighted by molar-refractivity contribution is -0.142. The van der Waals surface area contributed by atoms with Crippen LogP contribution in [0.3, 0.4) is 0 Å². The molecule has 190 valence electrons. The van der Waals surface area contributed by atoms with Crippen molar-refractivity contribution in [2.45, 2.75) is 75.2 Å². The summed E-state index contributed by atoms with van der Waals surface area (Å²) >= 11 is 0. The molecule has 1 N–H and O–H groups in total. The van der Waals surface area contributed by atoms with Crippen molar-refractivity contribution >= 4 is 17.6 Å². The summed E-state index contributed by atoms with van der Waals surface area (Å²) in [6.07, 6.45) is 4.39. The Morgan fingerprint density at radius 2 is 1.83 bits per heavy atom. The van der Waals surface area contributed by atoms with Crippen LogP contribution >= 0.6 is 0 Å². The first-order chi connectivity index (χ1) is 17.0. The van der Waals surface area contributed by atoms with E-state index in [0.29, 0.717) is 30.9 Å². The van der Waals surface area contributed by atoms with Crippen LogP contribution in [0.2, 0.25) is 0 Å². The van der Waals surface area contributed by atoms with E-state index in [4.69, 9.17) is 9.47 Å². The molecule has 0 bridgehead atoms. The maximum absolute atomic E-state index is 13.8. The fourth-order valence-electron chi connectivity index (χ4n) is 6.45. The Labute approximate surface area is 207 Å². The highest BCUT2D eigenvalue weighted by atomic mass is 16.5. The van der Waals surface area contributed by atoms with Crippen molar-refractivity contribution in [1.82, 2.24) is 15.1 Å². The lowest BCUT2D eigenvalue weighted by atomic mass is 9.89. The Morgan fingerprint density at radius 1 is 1.14 bits per heavy atom. The second-order valence-electron chi connectivity index (χ2n) is 10.5. The molecule has 0 radical (unpaired) electrons. The Balaban J connectivity index is 1.29. The third-order valence-electron chi connectivity index (χ3n) is 8.60. The minimum absolute atomic E-state index is 0.00213. The van der Waals surface area contributed by atoms with Crippen molar-refractivity contribution < 1.29 is 23.9 Å². The molecule has 3 saturated heterocycles. The van der Waals surface area contributed by atoms with Gasteiger partial charge in [-0.1, -0.05) is 31.9 Å². The molecule has 0 unspecified atom stereocenters. The molecule has 3 atom stereocenters. The van der Waals surface area contributed by atoms with Gasteiger partial charge in [-0.15, -0.1) is 0 Å². The zero-order valence-corrected chi connectivity index (χ0v) is 20.8. The van der Waals surface area contributed by atoms with Gasteiger partial charge < -0.3 is 24.6 Å². The van der Waals surface area contributed by atoms with Gasteiger partial charge in [-0.2, -0.15) is 0 Å². The number of carbonyl (C=O) groups excluding carboxylic acids is 3. The number of ketones is 1. The molecule has 5 rings (SSSR count). The van der Waals surface area contributed by atoms with Crippen LogP contribution in [0.1, 0.15) is 67.3 Å². The van der Waals surface area contributed by atoms with Crippen LogP contribution in [0.15, 0.2) is 24.3 Å². The third kappa shape index (κ3) is 4.52. The second-order valence-corrected chi connectivity index (χ2v) is 10.5. The first kappa shape index (κ1) is 24.4. The van der Waals surface area contributed by atoms with Gasteiger partial charge in [0.15, 0.2) is 5.78 Å². The number of hydrogen-bond acceptors (Lipinski definition) is 6. The number of piperidine rings is 1. The molecule has 1 aromatic rings. The zero-order valence-electron chi connectivity index (χ0n) is 20.8. The lowest BCUT2D eigenvalue weighted by Crippen LogP contribution is -2.60. The number of benzene rings is 1. The van der Waals surface area contributed by atoms with E-state index >= 15 is 0 Å². The van der Waals surface area contributed by atoms with E-state index in [2.05, 4.69) is 29.3 Å². The number of hydrogen-bond donors (Lipinski definition) is 1. The van der Waals surface area contributed by atoms with Crippen LogP contribution in [-0.2, 0) is 19.1 Å². The van der Waals surface area contributed by atoms with Crippen LogP contribution in [0.5, 0.6) is 0 Å². The summed E-state index contributed by atoms with van der Waals surface area (Å²) in [7, 11) is 1.58. The Hall–Kier alpha value is -2.29. The van der Waals surface area contributed by atoms with Crippen molar-refractivity contribution in [2.75, 3.05) is 39.9 Å². The number of nitrogens with one attached hydrogen (secondary N) is 1. The Bertz CT molecular complexity index is 950. The Morgan fingerprint density at radius 3 is 2.46 bits per heavy atom. The number of carbonyl (C=O) groups is 3. The molecule has 2 amide bonds. The summed E-state index contributed by atoms with van der Waals surface area (Å²) in [5.41, 5.74) is 0.851. The number of methoxy groups -OCH3 is 1. The van der Waals surface area contributed by atoms with Crippen molar-refractivity contribution in [3.63, 3.8) is 0 Å². The van der Waals surface area contributed by atoms with Crippen LogP contribution in [-0.4, -0.2) is 91.1 Å². The van der Waals surface area contributed by atoms with Gasteiger partial charge in [0.2, 0.25) is 5.91 Å². The van der Waals surface area contributed by atoms with Crippen molar-refractivity contribution in [1.29, 1.82) is 0 Å². The first-order valence-electron chi connectivity index (χ1n) is 13.1. The molecular weight excluding hydrogens is 446 g/mol. The molecule has 4 fully saturated rings. The van der Waals surface area contributed by atoms with E-state index in [9.17, 15) is 14.4 Å². The van der Waals surface area contributed by atoms with Crippen LogP contribution < -0.4 is 5.32 Å². The topological polar surface area (TPSA) is 88.2 Å². The van der Waals surface area contributed by atoms with Gasteiger partial charge in [-0.3, -0.25) is 14.4 Å². The van der Waals surface area contributed by atoms with Gasteiger partial charge in [0.1, 0.15) is 30.4 Å². The van der Waals surface area contributed by atoms with Crippen LogP contribution in [0, 0.1) is 0 Å². The smallest absolute Gasteiger partial charge is 0.252 e. The zero-order chi connectivity index (χ0) is 24.6. The number of rotatable bonds is 6. The fraction of sp³-hybridized carbons (Fsp3) is 0.667. The monoisotopic (exact) mass is 483 g/mol. The molecule has 1 aromatic carbocycles. The minimum atomic E-state index is -0.987. The van der Waals surface area contributed by atoms with E-state index in [1.807, 2.05) is 12.1 Å². The summed E-state index contributed by atoms with van der Waals surface area (Å²) in [6.45, 7) is 5.83. The highest BCUT2D eigenvalue weighted by molar-refractivity contribution is 6.01. The highest BCUT2D eigenvalue weighted by Gasteiger charge is 2.56. The summed E-state index contributed by atoms with van der Waals surface area (Å²) in [5, 5.41) is 3.10. The molecular formula is C27H37N3O5. The van der Waals surface area contributed by atoms with Crippen molar-refractivity contribution in [2.24, 2.45) is 0 Å². The molecule has 3 aliphatic heterocycles. The molecule has 0 spiro atoms. The molecule has 1 aliphatic carbocycles. The number of ether oxygens (including phenoxy) is 2. The number of Topliss-reactive ketones (excluding diaryl/α,β-unsaturated/α-hetero) is 1. The lowest BCUT2D eigenvalue weighted by Gasteiger charge is -2.35. The van der Waals surface area contributed by atoms with E-state index in [-0.39, 0.29) is 30.3 Å². The fourth-order valence-corrected chi connectivity index (χ4v) is 6.45. The predicted molar refractivity (Wildman–Crippen MR) is 130 cm³/mol. The minimum Gasteiger partial charge on any atom is -0.377 e. The predicted octanol–water partition coefficient (Wildman–Crippen LogP) is 2.12. The van der Waals surface area contributed by atoms with Crippen LogP contribution in [0.4, 0.5) is 0 Å². The summed E-state index contributed by atoms with van der Waals surface area (Å²) in [4.78, 5) is 43.7. The molecule has 8 heteroatoms. The maximum Gasteiger partial charge on any atom is 0.252 e. The second kappa shape index (κ2) is 9.99. The summed E-state index contributed by atoms with van der Waals surface area (Å²) in [5.74, 6) is 0.0140. The molecule has 35 heavy (non-hydrogen) atoms. The number of likely N-dealkylation sites (tertiary alicyclic amines) is 2. The van der Waals surface area contributed by atoms with E-state index in [0.717, 1.165) is 45.3 Å². The number of fused-ring (bicyclic) bond motifs is 1. The van der Waals surface area contributed by atoms with Crippen molar-refractivity contribution in [3.05, 3.63) is 35.4 Å². The Kier molecular flexibility index (Phi) is 6.97. The quantitative estimate of drug-likeness (QED) is 0.667. The molecule has 4 aliphatic rings. The summed E-state index contributed by atoms with van der Waals surface area (Å²) in [6, 6.07) is 7.26. The maximum atomic E-state index is 13.8. The van der Waals surface area contributed by atoms with E-state index in [1.165, 1.54) is 5.56 Å². The van der Waals surface area contributed by atoms with Gasteiger partial charge in [-0.25, -0.2) is 0 Å². The molecule has 8 nitrogen and oxygen atoms in total. The molecule has 1 saturated carbocycles. The average molecular weight is 484 g/mol. The van der Waals surface area contributed by atoms with Gasteiger partial charge in [-0.05, 0) is 68.9 Å². The highest BCUT2D eigenvalue weighted by Crippen LogP contribution is 2.37. The van der Waals surface area contributed by atoms with Gasteiger partial charge in [0.05, 0.1) is 6.54 Å². The van der Waals surface area contributed by atoms with E-state index in [1.54, 1.807) is 12.0 Å².